The summed E-state index contributed by atoms with van der Waals surface area (Å²) in [4.78, 5) is 35.3. The van der Waals surface area contributed by atoms with Gasteiger partial charge in [-0.25, -0.2) is 0 Å². The summed E-state index contributed by atoms with van der Waals surface area (Å²) in [7, 11) is 0. The van der Waals surface area contributed by atoms with E-state index in [0.29, 0.717) is 17.1 Å². The summed E-state index contributed by atoms with van der Waals surface area (Å²) in [5.41, 5.74) is 0.593. The third-order valence-electron chi connectivity index (χ3n) is 3.80. The van der Waals surface area contributed by atoms with Crippen molar-refractivity contribution in [2.75, 3.05) is 13.3 Å². The second-order valence-electron chi connectivity index (χ2n) is 5.86. The maximum atomic E-state index is 12.5. The lowest BCUT2D eigenvalue weighted by Crippen LogP contribution is -2.35. The predicted molar refractivity (Wildman–Crippen MR) is 96.6 cm³/mol. The van der Waals surface area contributed by atoms with Crippen LogP contribution in [0.15, 0.2) is 46.7 Å². The van der Waals surface area contributed by atoms with Gasteiger partial charge in [0.25, 0.3) is 11.8 Å². The number of hydrogen-bond donors (Lipinski definition) is 3. The summed E-state index contributed by atoms with van der Waals surface area (Å²) in [6.07, 6.45) is 3.03. The normalized spacial score (nSPS) is 12.5. The summed E-state index contributed by atoms with van der Waals surface area (Å²) < 4.78 is 15.6. The van der Waals surface area contributed by atoms with Crippen LogP contribution >= 0.6 is 0 Å². The molecule has 0 spiro atoms. The summed E-state index contributed by atoms with van der Waals surface area (Å²) >= 11 is 0. The van der Waals surface area contributed by atoms with Gasteiger partial charge in [0.1, 0.15) is 5.70 Å². The van der Waals surface area contributed by atoms with Gasteiger partial charge in [-0.05, 0) is 42.3 Å². The quantitative estimate of drug-likeness (QED) is 0.466. The van der Waals surface area contributed by atoms with Crippen LogP contribution in [0.3, 0.4) is 0 Å². The number of aliphatic carboxylic acids is 1. The highest BCUT2D eigenvalue weighted by Crippen LogP contribution is 2.33. The molecule has 3 rings (SSSR count). The van der Waals surface area contributed by atoms with Crippen LogP contribution in [0.4, 0.5) is 0 Å². The number of ether oxygens (including phenoxy) is 2. The summed E-state index contributed by atoms with van der Waals surface area (Å²) in [5.74, 6) is -0.906. The number of carboxylic acid groups (broad SMARTS) is 1. The minimum absolute atomic E-state index is 0.0180. The zero-order chi connectivity index (χ0) is 19.9. The minimum atomic E-state index is -0.948. The number of hydrogen-bond acceptors (Lipinski definition) is 6. The van der Waals surface area contributed by atoms with Crippen molar-refractivity contribution < 1.29 is 33.4 Å². The predicted octanol–water partition coefficient (Wildman–Crippen LogP) is 1.76. The molecule has 0 radical (unpaired) electrons. The standard InChI is InChI=1S/C19H18N2O7/c22-17(23)4-1-7-20-18(24)13(21-19(25)15-3-2-8-26-15)9-12-5-6-14-16(10-12)28-11-27-14/h2-3,5-6,8-10H,1,4,7,11H2,(H,20,24)(H,21,25)(H,22,23). The molecule has 1 aromatic heterocycles. The molecule has 2 heterocycles. The van der Waals surface area contributed by atoms with Crippen molar-refractivity contribution in [2.45, 2.75) is 12.8 Å². The lowest BCUT2D eigenvalue weighted by atomic mass is 10.1. The second kappa shape index (κ2) is 8.76. The average molecular weight is 386 g/mol. The number of benzene rings is 1. The number of carbonyl (C=O) groups is 3. The lowest BCUT2D eigenvalue weighted by molar-refractivity contribution is -0.137. The first-order valence-corrected chi connectivity index (χ1v) is 8.49. The van der Waals surface area contributed by atoms with Crippen LogP contribution in [0.25, 0.3) is 6.08 Å². The van der Waals surface area contributed by atoms with E-state index in [4.69, 9.17) is 19.0 Å². The molecule has 0 atom stereocenters. The number of carbonyl (C=O) groups excluding carboxylic acids is 2. The summed E-state index contributed by atoms with van der Waals surface area (Å²) in [5, 5.41) is 13.8. The van der Waals surface area contributed by atoms with Crippen molar-refractivity contribution >= 4 is 23.9 Å². The molecule has 2 aromatic rings. The average Bonchev–Trinajstić information content (AvgIpc) is 3.35. The molecular weight excluding hydrogens is 368 g/mol. The van der Waals surface area contributed by atoms with E-state index in [1.807, 2.05) is 0 Å². The number of fused-ring (bicyclic) bond motifs is 1. The molecule has 1 aromatic carbocycles. The van der Waals surface area contributed by atoms with Gasteiger partial charge in [-0.15, -0.1) is 0 Å². The number of rotatable bonds is 8. The zero-order valence-corrected chi connectivity index (χ0v) is 14.8. The van der Waals surface area contributed by atoms with Gasteiger partial charge in [0.05, 0.1) is 6.26 Å². The fraction of sp³-hybridized carbons (Fsp3) is 0.211. The Balaban J connectivity index is 1.76. The number of amides is 2. The Bertz CT molecular complexity index is 903. The highest BCUT2D eigenvalue weighted by molar-refractivity contribution is 6.04. The maximum Gasteiger partial charge on any atom is 0.303 e. The molecule has 28 heavy (non-hydrogen) atoms. The Kier molecular flexibility index (Phi) is 5.95. The van der Waals surface area contributed by atoms with Crippen LogP contribution in [0.5, 0.6) is 11.5 Å². The van der Waals surface area contributed by atoms with E-state index in [1.165, 1.54) is 18.4 Å². The van der Waals surface area contributed by atoms with Gasteiger partial charge in [0.2, 0.25) is 6.79 Å². The van der Waals surface area contributed by atoms with Crippen molar-refractivity contribution in [2.24, 2.45) is 0 Å². The largest absolute Gasteiger partial charge is 0.481 e. The first kappa shape index (κ1) is 19.0. The monoisotopic (exact) mass is 386 g/mol. The molecule has 0 bridgehead atoms. The summed E-state index contributed by atoms with van der Waals surface area (Å²) in [6.45, 7) is 0.273. The zero-order valence-electron chi connectivity index (χ0n) is 14.8. The van der Waals surface area contributed by atoms with Crippen LogP contribution in [0, 0.1) is 0 Å². The van der Waals surface area contributed by atoms with E-state index in [9.17, 15) is 14.4 Å². The Morgan fingerprint density at radius 3 is 2.71 bits per heavy atom. The van der Waals surface area contributed by atoms with Gasteiger partial charge in [-0.1, -0.05) is 6.07 Å². The van der Waals surface area contributed by atoms with Crippen molar-refractivity contribution in [1.82, 2.24) is 10.6 Å². The molecule has 0 saturated heterocycles. The molecule has 3 N–H and O–H groups in total. The van der Waals surface area contributed by atoms with Gasteiger partial charge in [0.15, 0.2) is 17.3 Å². The highest BCUT2D eigenvalue weighted by atomic mass is 16.7. The Hall–Kier alpha value is -3.75. The van der Waals surface area contributed by atoms with Crippen LogP contribution < -0.4 is 20.1 Å². The van der Waals surface area contributed by atoms with Gasteiger partial charge in [0, 0.05) is 13.0 Å². The second-order valence-corrected chi connectivity index (χ2v) is 5.86. The summed E-state index contributed by atoms with van der Waals surface area (Å²) in [6, 6.07) is 8.12. The molecule has 0 aliphatic carbocycles. The molecule has 0 unspecified atom stereocenters. The van der Waals surface area contributed by atoms with Crippen molar-refractivity contribution in [3.05, 3.63) is 53.6 Å². The van der Waals surface area contributed by atoms with E-state index in [1.54, 1.807) is 24.3 Å². The first-order chi connectivity index (χ1) is 13.5. The van der Waals surface area contributed by atoms with Crippen LogP contribution in [0.1, 0.15) is 29.0 Å². The molecule has 0 fully saturated rings. The molecule has 0 saturated carbocycles. The number of nitrogens with one attached hydrogen (secondary N) is 2. The van der Waals surface area contributed by atoms with Gasteiger partial charge < -0.3 is 29.6 Å². The maximum absolute atomic E-state index is 12.5. The van der Waals surface area contributed by atoms with Crippen LogP contribution in [-0.2, 0) is 9.59 Å². The van der Waals surface area contributed by atoms with E-state index in [2.05, 4.69) is 10.6 Å². The molecule has 9 nitrogen and oxygen atoms in total. The van der Waals surface area contributed by atoms with Crippen molar-refractivity contribution in [1.29, 1.82) is 0 Å². The van der Waals surface area contributed by atoms with E-state index >= 15 is 0 Å². The van der Waals surface area contributed by atoms with E-state index < -0.39 is 17.8 Å². The van der Waals surface area contributed by atoms with Crippen LogP contribution in [-0.4, -0.2) is 36.2 Å². The minimum Gasteiger partial charge on any atom is -0.481 e. The Labute approximate surface area is 159 Å². The SMILES string of the molecule is O=C(O)CCCNC(=O)C(=Cc1ccc2c(c1)OCO2)NC(=O)c1ccco1. The van der Waals surface area contributed by atoms with Crippen molar-refractivity contribution in [3.63, 3.8) is 0 Å². The highest BCUT2D eigenvalue weighted by Gasteiger charge is 2.18. The van der Waals surface area contributed by atoms with Gasteiger partial charge in [-0.2, -0.15) is 0 Å². The van der Waals surface area contributed by atoms with E-state index in [-0.39, 0.29) is 37.6 Å². The Morgan fingerprint density at radius 1 is 1.14 bits per heavy atom. The fourth-order valence-electron chi connectivity index (χ4n) is 2.46. The lowest BCUT2D eigenvalue weighted by Gasteiger charge is -2.10. The van der Waals surface area contributed by atoms with Crippen LogP contribution in [0.2, 0.25) is 0 Å². The fourth-order valence-corrected chi connectivity index (χ4v) is 2.46. The van der Waals surface area contributed by atoms with Gasteiger partial charge >= 0.3 is 5.97 Å². The third-order valence-corrected chi connectivity index (χ3v) is 3.80. The van der Waals surface area contributed by atoms with Gasteiger partial charge in [-0.3, -0.25) is 14.4 Å². The molecule has 2 amide bonds. The topological polar surface area (TPSA) is 127 Å². The smallest absolute Gasteiger partial charge is 0.303 e. The molecule has 1 aliphatic rings. The molecule has 146 valence electrons. The molecular formula is C19H18N2O7. The molecule has 9 heteroatoms. The third kappa shape index (κ3) is 4.91. The molecule has 1 aliphatic heterocycles. The Morgan fingerprint density at radius 2 is 1.96 bits per heavy atom. The number of furan rings is 1. The first-order valence-electron chi connectivity index (χ1n) is 8.49. The van der Waals surface area contributed by atoms with Crippen molar-refractivity contribution in [3.8, 4) is 11.5 Å². The number of carboxylic acids is 1. The van der Waals surface area contributed by atoms with E-state index in [0.717, 1.165) is 0 Å².